The minimum Gasteiger partial charge on any atom is -0.339 e. The largest absolute Gasteiger partial charge is 0.339 e. The highest BCUT2D eigenvalue weighted by Crippen LogP contribution is 2.02. The first-order chi connectivity index (χ1) is 9.09. The molecule has 1 fully saturated rings. The van der Waals surface area contributed by atoms with Crippen LogP contribution in [-0.2, 0) is 14.8 Å². The molecule has 0 aromatic heterocycles. The van der Waals surface area contributed by atoms with Crippen molar-refractivity contribution in [2.45, 2.75) is 19.4 Å². The zero-order valence-electron chi connectivity index (χ0n) is 12.8. The Kier molecular flexibility index (Phi) is 5.93. The normalized spacial score (nSPS) is 18.3. The number of sulfonamides is 1. The summed E-state index contributed by atoms with van der Waals surface area (Å²) in [5.74, 6) is 0.0632. The van der Waals surface area contributed by atoms with Crippen LogP contribution in [0, 0.1) is 0 Å². The fourth-order valence-corrected chi connectivity index (χ4v) is 3.26. The molecule has 1 aliphatic heterocycles. The number of hydrogen-bond donors (Lipinski definition) is 2. The van der Waals surface area contributed by atoms with E-state index in [9.17, 15) is 13.2 Å². The highest BCUT2D eigenvalue weighted by molar-refractivity contribution is 7.88. The highest BCUT2D eigenvalue weighted by Gasteiger charge is 2.23. The van der Waals surface area contributed by atoms with E-state index in [1.54, 1.807) is 13.8 Å². The van der Waals surface area contributed by atoms with E-state index in [0.717, 1.165) is 32.4 Å². The lowest BCUT2D eigenvalue weighted by atomic mass is 10.1. The SMILES string of the molecule is CN1CCN(C(=O)CNCC(C)(C)NS(C)(=O)=O)CC1. The van der Waals surface area contributed by atoms with Crippen molar-refractivity contribution in [3.63, 3.8) is 0 Å². The number of hydrogen-bond acceptors (Lipinski definition) is 5. The molecule has 0 bridgehead atoms. The number of carbonyl (C=O) groups is 1. The lowest BCUT2D eigenvalue weighted by Gasteiger charge is -2.33. The van der Waals surface area contributed by atoms with Crippen molar-refractivity contribution >= 4 is 15.9 Å². The topological polar surface area (TPSA) is 81.8 Å². The summed E-state index contributed by atoms with van der Waals surface area (Å²) in [6, 6.07) is 0. The maximum Gasteiger partial charge on any atom is 0.236 e. The van der Waals surface area contributed by atoms with E-state index >= 15 is 0 Å². The van der Waals surface area contributed by atoms with Gasteiger partial charge in [-0.2, -0.15) is 0 Å². The van der Waals surface area contributed by atoms with Crippen molar-refractivity contribution in [3.05, 3.63) is 0 Å². The number of nitrogens with zero attached hydrogens (tertiary/aromatic N) is 2. The number of rotatable bonds is 6. The van der Waals surface area contributed by atoms with Crippen LogP contribution in [0.25, 0.3) is 0 Å². The summed E-state index contributed by atoms with van der Waals surface area (Å²) in [4.78, 5) is 16.0. The third kappa shape index (κ3) is 6.65. The fourth-order valence-electron chi connectivity index (χ4n) is 2.19. The van der Waals surface area contributed by atoms with E-state index in [1.165, 1.54) is 0 Å². The minimum atomic E-state index is -3.25. The van der Waals surface area contributed by atoms with Crippen molar-refractivity contribution in [3.8, 4) is 0 Å². The molecule has 8 heteroatoms. The Labute approximate surface area is 121 Å². The number of amides is 1. The van der Waals surface area contributed by atoms with Gasteiger partial charge < -0.3 is 15.1 Å². The molecule has 0 radical (unpaired) electrons. The second-order valence-corrected chi connectivity index (χ2v) is 7.79. The van der Waals surface area contributed by atoms with Crippen LogP contribution in [0.2, 0.25) is 0 Å². The molecule has 1 amide bonds. The number of nitrogens with one attached hydrogen (secondary N) is 2. The zero-order chi connectivity index (χ0) is 15.4. The number of likely N-dealkylation sites (N-methyl/N-ethyl adjacent to an activating group) is 1. The fraction of sp³-hybridized carbons (Fsp3) is 0.917. The molecular weight excluding hydrogens is 280 g/mol. The van der Waals surface area contributed by atoms with Gasteiger partial charge in [0.15, 0.2) is 0 Å². The molecule has 0 aromatic rings. The zero-order valence-corrected chi connectivity index (χ0v) is 13.6. The van der Waals surface area contributed by atoms with Gasteiger partial charge in [0.2, 0.25) is 15.9 Å². The van der Waals surface area contributed by atoms with Gasteiger partial charge in [-0.05, 0) is 20.9 Å². The van der Waals surface area contributed by atoms with Gasteiger partial charge in [-0.25, -0.2) is 13.1 Å². The van der Waals surface area contributed by atoms with Crippen molar-refractivity contribution < 1.29 is 13.2 Å². The van der Waals surface area contributed by atoms with Crippen molar-refractivity contribution in [2.24, 2.45) is 0 Å². The molecule has 0 spiro atoms. The van der Waals surface area contributed by atoms with E-state index in [4.69, 9.17) is 0 Å². The summed E-state index contributed by atoms with van der Waals surface area (Å²) in [5, 5.41) is 3.02. The summed E-state index contributed by atoms with van der Waals surface area (Å²) in [6.07, 6.45) is 1.13. The minimum absolute atomic E-state index is 0.0632. The molecule has 7 nitrogen and oxygen atoms in total. The van der Waals surface area contributed by atoms with Crippen LogP contribution >= 0.6 is 0 Å². The van der Waals surface area contributed by atoms with E-state index in [1.807, 2.05) is 11.9 Å². The van der Waals surface area contributed by atoms with E-state index in [2.05, 4.69) is 14.9 Å². The molecule has 2 N–H and O–H groups in total. The van der Waals surface area contributed by atoms with Gasteiger partial charge in [-0.3, -0.25) is 4.79 Å². The molecule has 1 rings (SSSR count). The molecule has 0 aromatic carbocycles. The predicted octanol–water partition coefficient (Wildman–Crippen LogP) is -1.32. The maximum atomic E-state index is 12.0. The molecular formula is C12H26N4O3S. The predicted molar refractivity (Wildman–Crippen MR) is 79.0 cm³/mol. The van der Waals surface area contributed by atoms with E-state index < -0.39 is 15.6 Å². The Balaban J connectivity index is 2.31. The van der Waals surface area contributed by atoms with Crippen molar-refractivity contribution in [2.75, 3.05) is 52.6 Å². The average Bonchev–Trinajstić information content (AvgIpc) is 2.26. The van der Waals surface area contributed by atoms with Crippen LogP contribution in [0.4, 0.5) is 0 Å². The smallest absolute Gasteiger partial charge is 0.236 e. The second kappa shape index (κ2) is 6.84. The Morgan fingerprint density at radius 2 is 1.75 bits per heavy atom. The van der Waals surface area contributed by atoms with Gasteiger partial charge in [0, 0.05) is 38.3 Å². The van der Waals surface area contributed by atoms with Crippen LogP contribution in [0.1, 0.15) is 13.8 Å². The summed E-state index contributed by atoms with van der Waals surface area (Å²) >= 11 is 0. The van der Waals surface area contributed by atoms with Gasteiger partial charge in [0.1, 0.15) is 0 Å². The molecule has 0 atom stereocenters. The van der Waals surface area contributed by atoms with E-state index in [0.29, 0.717) is 6.54 Å². The monoisotopic (exact) mass is 306 g/mol. The van der Waals surface area contributed by atoms with Crippen LogP contribution in [-0.4, -0.2) is 82.2 Å². The number of carbonyl (C=O) groups excluding carboxylic acids is 1. The summed E-state index contributed by atoms with van der Waals surface area (Å²) in [6.45, 7) is 7.49. The molecule has 1 saturated heterocycles. The summed E-state index contributed by atoms with van der Waals surface area (Å²) in [5.41, 5.74) is -0.615. The molecule has 118 valence electrons. The highest BCUT2D eigenvalue weighted by atomic mass is 32.2. The molecule has 0 unspecified atom stereocenters. The average molecular weight is 306 g/mol. The van der Waals surface area contributed by atoms with Crippen molar-refractivity contribution in [1.29, 1.82) is 0 Å². The third-order valence-corrected chi connectivity index (χ3v) is 4.08. The lowest BCUT2D eigenvalue weighted by molar-refractivity contribution is -0.131. The molecule has 20 heavy (non-hydrogen) atoms. The first-order valence-corrected chi connectivity index (χ1v) is 8.64. The second-order valence-electron chi connectivity index (χ2n) is 6.05. The van der Waals surface area contributed by atoms with Crippen LogP contribution in [0.5, 0.6) is 0 Å². The Bertz CT molecular complexity index is 428. The van der Waals surface area contributed by atoms with Gasteiger partial charge >= 0.3 is 0 Å². The van der Waals surface area contributed by atoms with Gasteiger partial charge in [0.05, 0.1) is 12.8 Å². The van der Waals surface area contributed by atoms with Gasteiger partial charge in [-0.1, -0.05) is 0 Å². The quantitative estimate of drug-likeness (QED) is 0.636. The first kappa shape index (κ1) is 17.4. The molecule has 1 aliphatic rings. The van der Waals surface area contributed by atoms with Crippen LogP contribution in [0.3, 0.4) is 0 Å². The Morgan fingerprint density at radius 1 is 1.20 bits per heavy atom. The Morgan fingerprint density at radius 3 is 2.25 bits per heavy atom. The lowest BCUT2D eigenvalue weighted by Crippen LogP contribution is -2.53. The van der Waals surface area contributed by atoms with Gasteiger partial charge in [0.25, 0.3) is 0 Å². The van der Waals surface area contributed by atoms with Crippen LogP contribution in [0.15, 0.2) is 0 Å². The van der Waals surface area contributed by atoms with Crippen molar-refractivity contribution in [1.82, 2.24) is 19.8 Å². The number of piperazine rings is 1. The molecule has 0 aliphatic carbocycles. The molecule has 1 heterocycles. The Hall–Kier alpha value is -0.700. The van der Waals surface area contributed by atoms with E-state index in [-0.39, 0.29) is 12.5 Å². The van der Waals surface area contributed by atoms with Gasteiger partial charge in [-0.15, -0.1) is 0 Å². The summed E-state index contributed by atoms with van der Waals surface area (Å²) < 4.78 is 24.9. The molecule has 0 saturated carbocycles. The first-order valence-electron chi connectivity index (χ1n) is 6.75. The third-order valence-electron chi connectivity index (χ3n) is 3.16. The summed E-state index contributed by atoms with van der Waals surface area (Å²) in [7, 11) is -1.21. The maximum absolute atomic E-state index is 12.0. The standard InChI is InChI=1S/C12H26N4O3S/c1-12(2,14-20(4,18)19)10-13-9-11(17)16-7-5-15(3)6-8-16/h13-14H,5-10H2,1-4H3. The van der Waals surface area contributed by atoms with Crippen LogP contribution < -0.4 is 10.0 Å².